The summed E-state index contributed by atoms with van der Waals surface area (Å²) in [6.45, 7) is 0. The van der Waals surface area contributed by atoms with Crippen LogP contribution in [0, 0.1) is 0 Å². The van der Waals surface area contributed by atoms with Crippen molar-refractivity contribution >= 4 is 23.0 Å². The lowest BCUT2D eigenvalue weighted by Gasteiger charge is -2.43. The number of esters is 1. The molecule has 0 aliphatic carbocycles. The zero-order valence-corrected chi connectivity index (χ0v) is 16.0. The highest BCUT2D eigenvalue weighted by Crippen LogP contribution is 2.36. The van der Waals surface area contributed by atoms with Gasteiger partial charge in [0.2, 0.25) is 0 Å². The lowest BCUT2D eigenvalue weighted by atomic mass is 9.91. The second kappa shape index (κ2) is 9.24. The maximum Gasteiger partial charge on any atom is 0.306 e. The number of aliphatic hydroxyl groups is 1. The van der Waals surface area contributed by atoms with E-state index in [2.05, 4.69) is 17.5 Å². The molecule has 0 spiro atoms. The Morgan fingerprint density at radius 3 is 2.69 bits per heavy atom. The lowest BCUT2D eigenvalue weighted by molar-refractivity contribution is -0.284. The average molecular weight is 384 g/mol. The number of rotatable bonds is 1. The molecule has 1 amide bonds. The molecule has 0 radical (unpaired) electrons. The molecule has 4 atom stereocenters. The maximum absolute atomic E-state index is 12.2. The van der Waals surface area contributed by atoms with E-state index in [9.17, 15) is 14.7 Å². The highest BCUT2D eigenvalue weighted by molar-refractivity contribution is 8.14. The molecule has 3 heterocycles. The molecule has 0 aromatic rings. The minimum absolute atomic E-state index is 0.147. The smallest absolute Gasteiger partial charge is 0.306 e. The number of allylic oxidation sites excluding steroid dienone is 2. The van der Waals surface area contributed by atoms with Gasteiger partial charge < -0.3 is 19.9 Å². The van der Waals surface area contributed by atoms with E-state index in [0.717, 1.165) is 56.7 Å². The minimum Gasteiger partial charge on any atom is -0.462 e. The van der Waals surface area contributed by atoms with Crippen LogP contribution >= 0.6 is 11.8 Å². The summed E-state index contributed by atoms with van der Waals surface area (Å²) in [4.78, 5) is 23.7. The Bertz CT molecular complexity index is 540. The number of fused-ring (bicyclic) bond motifs is 2. The molecule has 3 aliphatic heterocycles. The third-order valence-corrected chi connectivity index (χ3v) is 6.13. The molecule has 3 rings (SSSR count). The van der Waals surface area contributed by atoms with E-state index in [1.165, 1.54) is 0 Å². The first-order chi connectivity index (χ1) is 12.5. The van der Waals surface area contributed by atoms with Gasteiger partial charge in [-0.1, -0.05) is 30.3 Å². The first-order valence-corrected chi connectivity index (χ1v) is 10.7. The Morgan fingerprint density at radius 1 is 1.12 bits per heavy atom. The molecule has 2 fully saturated rings. The fourth-order valence-electron chi connectivity index (χ4n) is 3.86. The fourth-order valence-corrected chi connectivity index (χ4v) is 4.75. The highest BCUT2D eigenvalue weighted by atomic mass is 32.2. The summed E-state index contributed by atoms with van der Waals surface area (Å²) in [7, 11) is 0. The van der Waals surface area contributed by atoms with Gasteiger partial charge in [-0.05, 0) is 38.5 Å². The predicted molar refractivity (Wildman–Crippen MR) is 99.8 cm³/mol. The van der Waals surface area contributed by atoms with Crippen LogP contribution in [0.4, 0.5) is 4.79 Å². The highest BCUT2D eigenvalue weighted by Gasteiger charge is 2.49. The second-order valence-corrected chi connectivity index (χ2v) is 8.43. The Balaban J connectivity index is 1.68. The van der Waals surface area contributed by atoms with Crippen molar-refractivity contribution in [2.45, 2.75) is 88.2 Å². The topological polar surface area (TPSA) is 84.9 Å². The molecule has 0 aromatic heterocycles. The summed E-state index contributed by atoms with van der Waals surface area (Å²) in [6.07, 6.45) is 11.9. The molecule has 2 saturated heterocycles. The number of amides is 1. The molecule has 1 unspecified atom stereocenters. The summed E-state index contributed by atoms with van der Waals surface area (Å²) in [5, 5.41) is 13.7. The summed E-state index contributed by atoms with van der Waals surface area (Å²) < 4.78 is 11.7. The number of hydrogen-bond acceptors (Lipinski definition) is 6. The van der Waals surface area contributed by atoms with Crippen LogP contribution < -0.4 is 5.32 Å². The number of nitrogens with one attached hydrogen (secondary N) is 1. The van der Waals surface area contributed by atoms with Crippen LogP contribution in [0.5, 0.6) is 0 Å². The summed E-state index contributed by atoms with van der Waals surface area (Å²) in [5.74, 6) is -1.21. The monoisotopic (exact) mass is 383 g/mol. The van der Waals surface area contributed by atoms with E-state index >= 15 is 0 Å². The Morgan fingerprint density at radius 2 is 1.92 bits per heavy atom. The van der Waals surface area contributed by atoms with E-state index in [4.69, 9.17) is 9.47 Å². The van der Waals surface area contributed by atoms with E-state index in [0.29, 0.717) is 18.6 Å². The van der Waals surface area contributed by atoms with Gasteiger partial charge in [0.1, 0.15) is 6.10 Å². The van der Waals surface area contributed by atoms with Gasteiger partial charge in [0.25, 0.3) is 5.24 Å². The van der Waals surface area contributed by atoms with Crippen LogP contribution in [0.25, 0.3) is 0 Å². The largest absolute Gasteiger partial charge is 0.462 e. The summed E-state index contributed by atoms with van der Waals surface area (Å²) in [6, 6.07) is -0.467. The van der Waals surface area contributed by atoms with Gasteiger partial charge >= 0.3 is 5.97 Å². The first kappa shape index (κ1) is 19.7. The van der Waals surface area contributed by atoms with Crippen LogP contribution in [0.3, 0.4) is 0 Å². The van der Waals surface area contributed by atoms with Gasteiger partial charge in [-0.3, -0.25) is 9.59 Å². The summed E-state index contributed by atoms with van der Waals surface area (Å²) in [5.41, 5.74) is 0. The van der Waals surface area contributed by atoms with E-state index in [-0.39, 0.29) is 29.8 Å². The second-order valence-electron chi connectivity index (χ2n) is 7.43. The molecule has 146 valence electrons. The van der Waals surface area contributed by atoms with Crippen LogP contribution in [0.15, 0.2) is 12.2 Å². The van der Waals surface area contributed by atoms with Crippen LogP contribution in [0.1, 0.15) is 64.2 Å². The molecular weight excluding hydrogens is 354 g/mol. The van der Waals surface area contributed by atoms with Crippen LogP contribution in [-0.2, 0) is 14.3 Å². The van der Waals surface area contributed by atoms with Crippen molar-refractivity contribution in [3.63, 3.8) is 0 Å². The standard InChI is InChI=1S/C19H29NO5S/c21-17-10-8-6-4-2-1-3-5-7-9-14-11-15(24-17)12-19(23,25-14)16-13-26-18(22)20-16/h1,3,14-16,23H,2,4-13H2,(H,20,22)/b3-1+/t14-,15-,16+,19?/m1/s1. The number of ether oxygens (including phenoxy) is 2. The molecule has 7 heteroatoms. The van der Waals surface area contributed by atoms with Gasteiger partial charge in [0, 0.05) is 25.0 Å². The van der Waals surface area contributed by atoms with E-state index < -0.39 is 11.8 Å². The van der Waals surface area contributed by atoms with Gasteiger partial charge in [-0.25, -0.2) is 0 Å². The zero-order valence-electron chi connectivity index (χ0n) is 15.2. The predicted octanol–water partition coefficient (Wildman–Crippen LogP) is 3.28. The maximum atomic E-state index is 12.2. The third-order valence-electron chi connectivity index (χ3n) is 5.25. The molecule has 3 aliphatic rings. The van der Waals surface area contributed by atoms with Gasteiger partial charge in [0.15, 0.2) is 5.79 Å². The fraction of sp³-hybridized carbons (Fsp3) is 0.789. The number of thioether (sulfide) groups is 1. The number of carbonyl (C=O) groups excluding carboxylic acids is 2. The quantitative estimate of drug-likeness (QED) is 0.534. The number of carbonyl (C=O) groups is 2. The van der Waals surface area contributed by atoms with Crippen LogP contribution in [0.2, 0.25) is 0 Å². The zero-order chi connectivity index (χ0) is 18.4. The van der Waals surface area contributed by atoms with Crippen molar-refractivity contribution < 1.29 is 24.2 Å². The van der Waals surface area contributed by atoms with Gasteiger partial charge in [-0.2, -0.15) is 0 Å². The molecule has 6 nitrogen and oxygen atoms in total. The van der Waals surface area contributed by atoms with Crippen molar-refractivity contribution in [1.29, 1.82) is 0 Å². The molecular formula is C19H29NO5S. The Labute approximate surface area is 159 Å². The van der Waals surface area contributed by atoms with Crippen molar-refractivity contribution in [1.82, 2.24) is 5.32 Å². The molecule has 2 N–H and O–H groups in total. The van der Waals surface area contributed by atoms with Crippen LogP contribution in [-0.4, -0.2) is 46.1 Å². The first-order valence-electron chi connectivity index (χ1n) is 9.73. The Hall–Kier alpha value is -1.05. The summed E-state index contributed by atoms with van der Waals surface area (Å²) >= 11 is 1.15. The van der Waals surface area contributed by atoms with Gasteiger partial charge in [0.05, 0.1) is 12.1 Å². The molecule has 0 saturated carbocycles. The normalized spacial score (nSPS) is 38.6. The minimum atomic E-state index is -1.48. The molecule has 26 heavy (non-hydrogen) atoms. The number of hydrogen-bond donors (Lipinski definition) is 2. The molecule has 2 bridgehead atoms. The van der Waals surface area contributed by atoms with Crippen molar-refractivity contribution in [3.8, 4) is 0 Å². The van der Waals surface area contributed by atoms with Gasteiger partial charge in [-0.15, -0.1) is 0 Å². The van der Waals surface area contributed by atoms with E-state index in [1.54, 1.807) is 0 Å². The van der Waals surface area contributed by atoms with Crippen molar-refractivity contribution in [2.24, 2.45) is 0 Å². The van der Waals surface area contributed by atoms with Crippen molar-refractivity contribution in [2.75, 3.05) is 5.75 Å². The molecule has 0 aromatic carbocycles. The Kier molecular flexibility index (Phi) is 7.00. The van der Waals surface area contributed by atoms with E-state index in [1.807, 2.05) is 0 Å². The van der Waals surface area contributed by atoms with Crippen molar-refractivity contribution in [3.05, 3.63) is 12.2 Å². The average Bonchev–Trinajstić information content (AvgIpc) is 3.02. The SMILES string of the molecule is O=C1CCCCC/C=C/CCC[C@@H]2C[C@H](CC(O)([C@@H]3CSC(=O)N3)O2)O1. The lowest BCUT2D eigenvalue weighted by Crippen LogP contribution is -2.58. The third kappa shape index (κ3) is 5.47.